The summed E-state index contributed by atoms with van der Waals surface area (Å²) >= 11 is 0. The maximum absolute atomic E-state index is 12.5. The van der Waals surface area contributed by atoms with Crippen molar-refractivity contribution in [2.75, 3.05) is 13.1 Å². The fourth-order valence-corrected chi connectivity index (χ4v) is 4.79. The molecule has 0 bridgehead atoms. The Balaban J connectivity index is 0.00000156. The monoisotopic (exact) mass is 502 g/mol. The predicted octanol–water partition coefficient (Wildman–Crippen LogP) is 5.94. The maximum Gasteiger partial charge on any atom is 0.410 e. The summed E-state index contributed by atoms with van der Waals surface area (Å²) in [6, 6.07) is 18.1. The Morgan fingerprint density at radius 2 is 1.76 bits per heavy atom. The van der Waals surface area contributed by atoms with Gasteiger partial charge in [-0.15, -0.1) is 0 Å². The van der Waals surface area contributed by atoms with Crippen LogP contribution in [-0.4, -0.2) is 41.1 Å². The molecule has 0 unspecified atom stereocenters. The smallest absolute Gasteiger partial charge is 0.410 e. The molecule has 7 nitrogen and oxygen atoms in total. The van der Waals surface area contributed by atoms with Crippen LogP contribution in [0, 0.1) is 0 Å². The zero-order valence-corrected chi connectivity index (χ0v) is 21.5. The fraction of sp³-hybridized carbons (Fsp3) is 0.367. The lowest BCUT2D eigenvalue weighted by atomic mass is 9.82. The van der Waals surface area contributed by atoms with Crippen LogP contribution in [0.1, 0.15) is 49.8 Å². The molecule has 3 heterocycles. The molecule has 0 atom stereocenters. The number of pyridine rings is 1. The second-order valence-corrected chi connectivity index (χ2v) is 9.11. The largest absolute Gasteiger partial charge is 0.487 e. The van der Waals surface area contributed by atoms with Crippen LogP contribution < -0.4 is 4.74 Å². The number of carbonyl (C=O) groups excluding carboxylic acids is 2. The summed E-state index contributed by atoms with van der Waals surface area (Å²) in [6.45, 7) is 6.22. The van der Waals surface area contributed by atoms with Gasteiger partial charge in [0, 0.05) is 43.9 Å². The highest BCUT2D eigenvalue weighted by Gasteiger charge is 2.40. The third kappa shape index (κ3) is 6.47. The number of ether oxygens (including phenoxy) is 3. The summed E-state index contributed by atoms with van der Waals surface area (Å²) in [5, 5.41) is 0. The topological polar surface area (TPSA) is 78.0 Å². The number of amides is 1. The first kappa shape index (κ1) is 26.2. The van der Waals surface area contributed by atoms with E-state index in [1.807, 2.05) is 50.2 Å². The number of fused-ring (bicyclic) bond motifs is 1. The molecule has 0 aliphatic carbocycles. The van der Waals surface area contributed by atoms with Gasteiger partial charge in [0.1, 0.15) is 24.6 Å². The van der Waals surface area contributed by atoms with Crippen molar-refractivity contribution < 1.29 is 23.8 Å². The number of carbonyl (C=O) groups is 2. The minimum atomic E-state index is -0.284. The Hall–Kier alpha value is -3.87. The molecule has 0 radical (unpaired) electrons. The molecule has 2 aromatic carbocycles. The van der Waals surface area contributed by atoms with E-state index in [0.29, 0.717) is 19.6 Å². The van der Waals surface area contributed by atoms with Gasteiger partial charge in [0.15, 0.2) is 0 Å². The molecule has 7 heteroatoms. The van der Waals surface area contributed by atoms with Gasteiger partial charge in [-0.3, -0.25) is 9.78 Å². The van der Waals surface area contributed by atoms with Crippen LogP contribution in [0.15, 0.2) is 67.0 Å². The van der Waals surface area contributed by atoms with E-state index < -0.39 is 0 Å². The van der Waals surface area contributed by atoms with Gasteiger partial charge in [-0.05, 0) is 53.3 Å². The summed E-state index contributed by atoms with van der Waals surface area (Å²) in [7, 11) is 0. The van der Waals surface area contributed by atoms with Gasteiger partial charge < -0.3 is 19.1 Å². The number of aromatic nitrogens is 1. The Labute approximate surface area is 218 Å². The molecule has 1 saturated heterocycles. The highest BCUT2D eigenvalue weighted by Crippen LogP contribution is 2.41. The fourth-order valence-electron chi connectivity index (χ4n) is 4.79. The highest BCUT2D eigenvalue weighted by atomic mass is 16.6. The Morgan fingerprint density at radius 1 is 1.00 bits per heavy atom. The van der Waals surface area contributed by atoms with Crippen LogP contribution in [-0.2, 0) is 33.9 Å². The highest BCUT2D eigenvalue weighted by molar-refractivity contribution is 5.68. The quantitative estimate of drug-likeness (QED) is 0.388. The maximum atomic E-state index is 12.5. The molecule has 194 valence electrons. The summed E-state index contributed by atoms with van der Waals surface area (Å²) in [5.41, 5.74) is 5.06. The standard InChI is InChI=1S/C28H28N2O5.C2H6/c31-20-33-18-21-3-5-23(6-4-21)24-7-8-26-25(16-24)9-10-28(35-26)11-14-30(15-12-28)27(32)34-19-22-2-1-13-29-17-22;1-2/h1-8,13,16-17,20H,9-12,14-15,18-19H2;1-2H3. The van der Waals surface area contributed by atoms with Crippen molar-refractivity contribution in [3.63, 3.8) is 0 Å². The van der Waals surface area contributed by atoms with Gasteiger partial charge in [0.25, 0.3) is 6.47 Å². The SMILES string of the molecule is CC.O=COCc1ccc(-c2ccc3c(c2)CCC2(CCN(C(=O)OCc4cccnc4)CC2)O3)cc1. The third-order valence-corrected chi connectivity index (χ3v) is 6.86. The zero-order valence-electron chi connectivity index (χ0n) is 21.5. The zero-order chi connectivity index (χ0) is 26.1. The van der Waals surface area contributed by atoms with Crippen LogP contribution in [0.25, 0.3) is 11.1 Å². The van der Waals surface area contributed by atoms with Gasteiger partial charge in [-0.25, -0.2) is 4.79 Å². The summed E-state index contributed by atoms with van der Waals surface area (Å²) < 4.78 is 16.8. The molecule has 1 amide bonds. The first-order valence-corrected chi connectivity index (χ1v) is 12.9. The first-order chi connectivity index (χ1) is 18.1. The molecular weight excluding hydrogens is 468 g/mol. The van der Waals surface area contributed by atoms with Crippen molar-refractivity contribution in [1.82, 2.24) is 9.88 Å². The second kappa shape index (κ2) is 12.4. The Kier molecular flexibility index (Phi) is 8.77. The van der Waals surface area contributed by atoms with Gasteiger partial charge in [-0.1, -0.05) is 50.2 Å². The van der Waals surface area contributed by atoms with Gasteiger partial charge >= 0.3 is 6.09 Å². The number of aryl methyl sites for hydroxylation is 1. The van der Waals surface area contributed by atoms with E-state index in [2.05, 4.69) is 23.2 Å². The van der Waals surface area contributed by atoms with Crippen molar-refractivity contribution >= 4 is 12.6 Å². The number of hydrogen-bond donors (Lipinski definition) is 0. The summed E-state index contributed by atoms with van der Waals surface area (Å²) in [6.07, 6.45) is 6.58. The third-order valence-electron chi connectivity index (χ3n) is 6.86. The molecule has 1 spiro atoms. The van der Waals surface area contributed by atoms with Crippen LogP contribution in [0.4, 0.5) is 4.79 Å². The lowest BCUT2D eigenvalue weighted by molar-refractivity contribution is -0.129. The average Bonchev–Trinajstić information content (AvgIpc) is 2.97. The molecule has 0 saturated carbocycles. The Bertz CT molecular complexity index is 1170. The van der Waals surface area contributed by atoms with Gasteiger partial charge in [0.05, 0.1) is 0 Å². The van der Waals surface area contributed by atoms with E-state index in [0.717, 1.165) is 53.7 Å². The normalized spacial score (nSPS) is 15.5. The van der Waals surface area contributed by atoms with E-state index in [4.69, 9.17) is 14.2 Å². The number of hydrogen-bond acceptors (Lipinski definition) is 6. The molecule has 5 rings (SSSR count). The van der Waals surface area contributed by atoms with E-state index in [9.17, 15) is 9.59 Å². The van der Waals surface area contributed by atoms with Crippen molar-refractivity contribution in [2.45, 2.75) is 58.3 Å². The number of nitrogens with zero attached hydrogens (tertiary/aromatic N) is 2. The number of piperidine rings is 1. The molecule has 0 N–H and O–H groups in total. The average molecular weight is 503 g/mol. The molecule has 1 aromatic heterocycles. The second-order valence-electron chi connectivity index (χ2n) is 9.11. The number of benzene rings is 2. The van der Waals surface area contributed by atoms with E-state index >= 15 is 0 Å². The predicted molar refractivity (Wildman–Crippen MR) is 141 cm³/mol. The van der Waals surface area contributed by atoms with Crippen LogP contribution >= 0.6 is 0 Å². The van der Waals surface area contributed by atoms with Crippen molar-refractivity contribution in [1.29, 1.82) is 0 Å². The Morgan fingerprint density at radius 3 is 2.46 bits per heavy atom. The summed E-state index contributed by atoms with van der Waals surface area (Å²) in [4.78, 5) is 28.7. The van der Waals surface area contributed by atoms with Crippen molar-refractivity contribution in [3.8, 4) is 16.9 Å². The molecule has 2 aliphatic rings. The lowest BCUT2D eigenvalue weighted by Gasteiger charge is -2.44. The van der Waals surface area contributed by atoms with Gasteiger partial charge in [-0.2, -0.15) is 0 Å². The first-order valence-electron chi connectivity index (χ1n) is 12.9. The molecule has 37 heavy (non-hydrogen) atoms. The van der Waals surface area contributed by atoms with Gasteiger partial charge in [0.2, 0.25) is 0 Å². The van der Waals surface area contributed by atoms with Crippen molar-refractivity contribution in [3.05, 3.63) is 83.7 Å². The number of rotatable bonds is 6. The molecular formula is C30H34N2O5. The molecule has 1 fully saturated rings. The van der Waals surface area contributed by atoms with E-state index in [1.54, 1.807) is 17.3 Å². The minimum absolute atomic E-state index is 0.227. The van der Waals surface area contributed by atoms with E-state index in [1.165, 1.54) is 5.56 Å². The number of likely N-dealkylation sites (tertiary alicyclic amines) is 1. The van der Waals surface area contributed by atoms with E-state index in [-0.39, 0.29) is 24.9 Å². The molecule has 2 aliphatic heterocycles. The lowest BCUT2D eigenvalue weighted by Crippen LogP contribution is -2.51. The van der Waals surface area contributed by atoms with Crippen LogP contribution in [0.2, 0.25) is 0 Å². The minimum Gasteiger partial charge on any atom is -0.487 e. The van der Waals surface area contributed by atoms with Crippen LogP contribution in [0.3, 0.4) is 0 Å². The molecule has 3 aromatic rings. The summed E-state index contributed by atoms with van der Waals surface area (Å²) in [5.74, 6) is 0.934. The van der Waals surface area contributed by atoms with Crippen LogP contribution in [0.5, 0.6) is 5.75 Å². The van der Waals surface area contributed by atoms with Crippen molar-refractivity contribution in [2.24, 2.45) is 0 Å².